The van der Waals surface area contributed by atoms with Crippen molar-refractivity contribution in [1.82, 2.24) is 10.2 Å². The Labute approximate surface area is 188 Å². The van der Waals surface area contributed by atoms with E-state index in [1.165, 1.54) is 109 Å². The van der Waals surface area contributed by atoms with Crippen LogP contribution in [0, 0.1) is 0 Å². The fraction of sp³-hybridized carbons (Fsp3) is 1.00. The van der Waals surface area contributed by atoms with Gasteiger partial charge in [0.05, 0.1) is 26.4 Å². The maximum Gasteiger partial charge on any atom is 0.0594 e. The molecule has 4 nitrogen and oxygen atoms in total. The number of nitrogens with one attached hydrogen (secondary N) is 1. The Kier molecular flexibility index (Phi) is 21.8. The number of nitrogens with zero attached hydrogens (tertiary/aromatic N) is 1. The van der Waals surface area contributed by atoms with Crippen molar-refractivity contribution in [2.24, 2.45) is 0 Å². The predicted molar refractivity (Wildman–Crippen MR) is 130 cm³/mol. The van der Waals surface area contributed by atoms with Crippen molar-refractivity contribution in [3.8, 4) is 0 Å². The third-order valence-corrected chi connectivity index (χ3v) is 6.28. The lowest BCUT2D eigenvalue weighted by atomic mass is 10.0. The fourth-order valence-electron chi connectivity index (χ4n) is 4.22. The molecule has 1 fully saturated rings. The van der Waals surface area contributed by atoms with Crippen LogP contribution in [0.5, 0.6) is 0 Å². The summed E-state index contributed by atoms with van der Waals surface area (Å²) in [5, 5.41) is 3.34. The zero-order chi connectivity index (χ0) is 21.4. The molecule has 1 saturated heterocycles. The third-order valence-electron chi connectivity index (χ3n) is 6.28. The minimum absolute atomic E-state index is 0.812. The monoisotopic (exact) mass is 426 g/mol. The van der Waals surface area contributed by atoms with Gasteiger partial charge < -0.3 is 14.8 Å². The van der Waals surface area contributed by atoms with Crippen molar-refractivity contribution in [1.29, 1.82) is 0 Å². The van der Waals surface area contributed by atoms with E-state index in [4.69, 9.17) is 9.47 Å². The highest BCUT2D eigenvalue weighted by Crippen LogP contribution is 2.13. The van der Waals surface area contributed by atoms with E-state index in [2.05, 4.69) is 17.1 Å². The van der Waals surface area contributed by atoms with Crippen molar-refractivity contribution in [2.75, 3.05) is 59.2 Å². The van der Waals surface area contributed by atoms with E-state index in [-0.39, 0.29) is 0 Å². The molecule has 1 aliphatic heterocycles. The number of unbranched alkanes of at least 4 members (excludes halogenated alkanes) is 15. The standard InChI is InChI=1S/C26H54N2O2/c1-2-3-4-5-6-7-8-9-10-11-12-13-14-15-16-17-20-28-21-25-29-23-18-27-19-24-30-26-22-28/h27H,2-26H2,1H3. The van der Waals surface area contributed by atoms with E-state index in [1.54, 1.807) is 0 Å². The highest BCUT2D eigenvalue weighted by atomic mass is 16.5. The van der Waals surface area contributed by atoms with Crippen LogP contribution in [0.3, 0.4) is 0 Å². The minimum Gasteiger partial charge on any atom is -0.379 e. The van der Waals surface area contributed by atoms with Crippen LogP contribution in [0.4, 0.5) is 0 Å². The van der Waals surface area contributed by atoms with Gasteiger partial charge in [-0.25, -0.2) is 0 Å². The number of rotatable bonds is 17. The summed E-state index contributed by atoms with van der Waals surface area (Å²) in [6.07, 6.45) is 22.9. The number of hydrogen-bond acceptors (Lipinski definition) is 4. The van der Waals surface area contributed by atoms with Gasteiger partial charge in [0.25, 0.3) is 0 Å². The quantitative estimate of drug-likeness (QED) is 0.281. The van der Waals surface area contributed by atoms with Crippen LogP contribution in [-0.4, -0.2) is 64.1 Å². The van der Waals surface area contributed by atoms with Gasteiger partial charge in [0.1, 0.15) is 0 Å². The molecule has 1 heterocycles. The van der Waals surface area contributed by atoms with Crippen LogP contribution in [0.2, 0.25) is 0 Å². The largest absolute Gasteiger partial charge is 0.379 e. The highest BCUT2D eigenvalue weighted by molar-refractivity contribution is 4.60. The first kappa shape index (κ1) is 27.9. The lowest BCUT2D eigenvalue weighted by Gasteiger charge is -2.23. The van der Waals surface area contributed by atoms with Crippen LogP contribution >= 0.6 is 0 Å². The summed E-state index contributed by atoms with van der Waals surface area (Å²) in [7, 11) is 0. The summed E-state index contributed by atoms with van der Waals surface area (Å²) >= 11 is 0. The maximum absolute atomic E-state index is 5.72. The van der Waals surface area contributed by atoms with Crippen molar-refractivity contribution in [2.45, 2.75) is 110 Å². The van der Waals surface area contributed by atoms with E-state index < -0.39 is 0 Å². The number of hydrogen-bond donors (Lipinski definition) is 1. The molecule has 0 saturated carbocycles. The fourth-order valence-corrected chi connectivity index (χ4v) is 4.22. The zero-order valence-corrected chi connectivity index (χ0v) is 20.4. The topological polar surface area (TPSA) is 33.7 Å². The summed E-state index contributed by atoms with van der Waals surface area (Å²) in [4.78, 5) is 2.53. The SMILES string of the molecule is CCCCCCCCCCCCCCCCCCN1CCOCCNCCOCC1. The molecule has 0 bridgehead atoms. The van der Waals surface area contributed by atoms with Gasteiger partial charge in [-0.1, -0.05) is 103 Å². The lowest BCUT2D eigenvalue weighted by molar-refractivity contribution is 0.0659. The molecule has 30 heavy (non-hydrogen) atoms. The Bertz CT molecular complexity index is 316. The van der Waals surface area contributed by atoms with Gasteiger partial charge in [-0.15, -0.1) is 0 Å². The molecular formula is C26H54N2O2. The van der Waals surface area contributed by atoms with Gasteiger partial charge in [-0.3, -0.25) is 4.90 Å². The smallest absolute Gasteiger partial charge is 0.0594 e. The first-order chi connectivity index (χ1) is 14.9. The van der Waals surface area contributed by atoms with Crippen LogP contribution in [0.1, 0.15) is 110 Å². The Balaban J connectivity index is 1.83. The van der Waals surface area contributed by atoms with Crippen LogP contribution < -0.4 is 5.32 Å². The normalized spacial score (nSPS) is 17.5. The molecule has 0 amide bonds. The first-order valence-corrected chi connectivity index (χ1v) is 13.5. The second-order valence-corrected chi connectivity index (χ2v) is 9.12. The van der Waals surface area contributed by atoms with Crippen molar-refractivity contribution in [3.63, 3.8) is 0 Å². The first-order valence-electron chi connectivity index (χ1n) is 13.5. The highest BCUT2D eigenvalue weighted by Gasteiger charge is 2.06. The molecule has 0 atom stereocenters. The van der Waals surface area contributed by atoms with Crippen LogP contribution in [0.15, 0.2) is 0 Å². The molecule has 0 aromatic heterocycles. The van der Waals surface area contributed by atoms with E-state index in [1.807, 2.05) is 0 Å². The second-order valence-electron chi connectivity index (χ2n) is 9.12. The van der Waals surface area contributed by atoms with Crippen molar-refractivity contribution < 1.29 is 9.47 Å². The average molecular weight is 427 g/mol. The van der Waals surface area contributed by atoms with Gasteiger partial charge in [0, 0.05) is 26.2 Å². The van der Waals surface area contributed by atoms with Crippen LogP contribution in [-0.2, 0) is 9.47 Å². The molecule has 0 spiro atoms. The molecule has 0 aromatic rings. The van der Waals surface area contributed by atoms with Gasteiger partial charge in [0.15, 0.2) is 0 Å². The molecule has 0 unspecified atom stereocenters. The Morgan fingerprint density at radius 2 is 0.933 bits per heavy atom. The molecule has 1 N–H and O–H groups in total. The van der Waals surface area contributed by atoms with E-state index in [0.717, 1.165) is 52.6 Å². The summed E-state index contributed by atoms with van der Waals surface area (Å²) < 4.78 is 11.4. The summed E-state index contributed by atoms with van der Waals surface area (Å²) in [6.45, 7) is 10.8. The molecule has 180 valence electrons. The Morgan fingerprint density at radius 1 is 0.533 bits per heavy atom. The molecule has 1 aliphatic rings. The third kappa shape index (κ3) is 19.8. The van der Waals surface area contributed by atoms with Gasteiger partial charge in [-0.2, -0.15) is 0 Å². The Hall–Kier alpha value is -0.160. The summed E-state index contributed by atoms with van der Waals surface area (Å²) in [5.41, 5.74) is 0. The van der Waals surface area contributed by atoms with Gasteiger partial charge >= 0.3 is 0 Å². The molecule has 4 heteroatoms. The average Bonchev–Trinajstić information content (AvgIpc) is 2.75. The summed E-state index contributed by atoms with van der Waals surface area (Å²) in [6, 6.07) is 0. The van der Waals surface area contributed by atoms with Crippen molar-refractivity contribution in [3.05, 3.63) is 0 Å². The number of ether oxygens (including phenoxy) is 2. The van der Waals surface area contributed by atoms with E-state index in [0.29, 0.717) is 0 Å². The zero-order valence-electron chi connectivity index (χ0n) is 20.4. The summed E-state index contributed by atoms with van der Waals surface area (Å²) in [5.74, 6) is 0. The van der Waals surface area contributed by atoms with Crippen molar-refractivity contribution >= 4 is 0 Å². The second kappa shape index (κ2) is 23.5. The molecule has 0 radical (unpaired) electrons. The molecular weight excluding hydrogens is 372 g/mol. The lowest BCUT2D eigenvalue weighted by Crippen LogP contribution is -2.34. The minimum atomic E-state index is 0.812. The Morgan fingerprint density at radius 3 is 1.37 bits per heavy atom. The predicted octanol–water partition coefficient (Wildman–Crippen LogP) is 6.19. The van der Waals surface area contributed by atoms with Crippen LogP contribution in [0.25, 0.3) is 0 Å². The molecule has 1 rings (SSSR count). The molecule has 0 aromatic carbocycles. The van der Waals surface area contributed by atoms with E-state index >= 15 is 0 Å². The van der Waals surface area contributed by atoms with E-state index in [9.17, 15) is 0 Å². The van der Waals surface area contributed by atoms with Gasteiger partial charge in [-0.05, 0) is 13.0 Å². The maximum atomic E-state index is 5.72. The molecule has 0 aliphatic carbocycles. The van der Waals surface area contributed by atoms with Gasteiger partial charge in [0.2, 0.25) is 0 Å².